The zero-order valence-electron chi connectivity index (χ0n) is 16.8. The van der Waals surface area contributed by atoms with E-state index in [1.807, 2.05) is 0 Å². The van der Waals surface area contributed by atoms with Gasteiger partial charge in [-0.05, 0) is 44.9 Å². The summed E-state index contributed by atoms with van der Waals surface area (Å²) in [6.45, 7) is 4.43. The summed E-state index contributed by atoms with van der Waals surface area (Å²) in [4.78, 5) is 0. The van der Waals surface area contributed by atoms with Gasteiger partial charge in [-0.1, -0.05) is 82.4 Å². The lowest BCUT2D eigenvalue weighted by Crippen LogP contribution is -2.28. The Labute approximate surface area is 156 Å². The Kier molecular flexibility index (Phi) is 17.3. The van der Waals surface area contributed by atoms with Crippen molar-refractivity contribution in [2.75, 3.05) is 13.2 Å². The van der Waals surface area contributed by atoms with E-state index in [9.17, 15) is 10.2 Å². The van der Waals surface area contributed by atoms with Gasteiger partial charge in [0, 0.05) is 5.41 Å². The van der Waals surface area contributed by atoms with Gasteiger partial charge < -0.3 is 10.2 Å². The Hall–Kier alpha value is -0.860. The first-order valence-electron chi connectivity index (χ1n) is 10.4. The van der Waals surface area contributed by atoms with Crippen LogP contribution in [0.5, 0.6) is 0 Å². The summed E-state index contributed by atoms with van der Waals surface area (Å²) in [6.07, 6.45) is 27.2. The second-order valence-electron chi connectivity index (χ2n) is 7.12. The molecule has 2 heteroatoms. The van der Waals surface area contributed by atoms with Crippen molar-refractivity contribution < 1.29 is 10.2 Å². The molecule has 0 spiro atoms. The van der Waals surface area contributed by atoms with Crippen LogP contribution in [0.3, 0.4) is 0 Å². The first-order valence-corrected chi connectivity index (χ1v) is 10.4. The van der Waals surface area contributed by atoms with Crippen molar-refractivity contribution in [2.24, 2.45) is 5.41 Å². The Morgan fingerprint density at radius 2 is 1.16 bits per heavy atom. The number of aliphatic hydroxyl groups is 2. The molecule has 0 saturated carbocycles. The molecule has 0 saturated heterocycles. The molecule has 0 fully saturated rings. The average Bonchev–Trinajstić information content (AvgIpc) is 2.65. The lowest BCUT2D eigenvalue weighted by atomic mass is 9.81. The summed E-state index contributed by atoms with van der Waals surface area (Å²) in [7, 11) is 0. The molecule has 0 aromatic rings. The van der Waals surface area contributed by atoms with E-state index in [2.05, 4.69) is 50.3 Å². The van der Waals surface area contributed by atoms with Crippen LogP contribution in [0.15, 0.2) is 36.5 Å². The van der Waals surface area contributed by atoms with Crippen molar-refractivity contribution in [1.82, 2.24) is 0 Å². The topological polar surface area (TPSA) is 40.5 Å². The predicted molar refractivity (Wildman–Crippen MR) is 111 cm³/mol. The normalized spacial score (nSPS) is 13.0. The third kappa shape index (κ3) is 14.0. The van der Waals surface area contributed by atoms with Crippen LogP contribution in [0.1, 0.15) is 90.9 Å². The zero-order chi connectivity index (χ0) is 18.6. The first kappa shape index (κ1) is 24.1. The summed E-state index contributed by atoms with van der Waals surface area (Å²) in [5.74, 6) is 0. The molecular formula is C23H42O2. The first-order chi connectivity index (χ1) is 12.2. The summed E-state index contributed by atoms with van der Waals surface area (Å²) in [5.41, 5.74) is -0.245. The molecule has 146 valence electrons. The van der Waals surface area contributed by atoms with Gasteiger partial charge in [0.1, 0.15) is 0 Å². The van der Waals surface area contributed by atoms with Crippen LogP contribution in [0.25, 0.3) is 0 Å². The maximum absolute atomic E-state index is 9.43. The fourth-order valence-corrected chi connectivity index (χ4v) is 2.90. The van der Waals surface area contributed by atoms with Crippen molar-refractivity contribution in [3.63, 3.8) is 0 Å². The lowest BCUT2D eigenvalue weighted by Gasteiger charge is -2.28. The minimum absolute atomic E-state index is 0.108. The van der Waals surface area contributed by atoms with Gasteiger partial charge >= 0.3 is 0 Å². The number of aliphatic hydroxyl groups excluding tert-OH is 2. The monoisotopic (exact) mass is 350 g/mol. The molecule has 0 unspecified atom stereocenters. The highest BCUT2D eigenvalue weighted by Gasteiger charge is 2.25. The van der Waals surface area contributed by atoms with Crippen LogP contribution in [0, 0.1) is 5.41 Å². The Balaban J connectivity index is 3.44. The van der Waals surface area contributed by atoms with E-state index in [1.165, 1.54) is 38.5 Å². The van der Waals surface area contributed by atoms with Crippen molar-refractivity contribution in [3.8, 4) is 0 Å². The Morgan fingerprint density at radius 3 is 1.72 bits per heavy atom. The van der Waals surface area contributed by atoms with Gasteiger partial charge in [0.2, 0.25) is 0 Å². The molecule has 0 bridgehead atoms. The van der Waals surface area contributed by atoms with Gasteiger partial charge in [0.05, 0.1) is 13.2 Å². The van der Waals surface area contributed by atoms with Crippen LogP contribution >= 0.6 is 0 Å². The molecule has 0 aliphatic rings. The van der Waals surface area contributed by atoms with Crippen molar-refractivity contribution >= 4 is 0 Å². The third-order valence-corrected chi connectivity index (χ3v) is 5.03. The minimum Gasteiger partial charge on any atom is -0.396 e. The van der Waals surface area contributed by atoms with Gasteiger partial charge in [-0.2, -0.15) is 0 Å². The van der Waals surface area contributed by atoms with Gasteiger partial charge in [-0.25, -0.2) is 0 Å². The summed E-state index contributed by atoms with van der Waals surface area (Å²) in [6, 6.07) is 0. The highest BCUT2D eigenvalue weighted by molar-refractivity contribution is 4.96. The van der Waals surface area contributed by atoms with E-state index in [1.54, 1.807) is 0 Å². The predicted octanol–water partition coefficient (Wildman–Crippen LogP) is 6.35. The number of hydrogen-bond acceptors (Lipinski definition) is 2. The largest absolute Gasteiger partial charge is 0.396 e. The number of rotatable bonds is 17. The maximum Gasteiger partial charge on any atom is 0.0509 e. The van der Waals surface area contributed by atoms with Crippen molar-refractivity contribution in [3.05, 3.63) is 36.5 Å². The molecule has 2 nitrogen and oxygen atoms in total. The second kappa shape index (κ2) is 17.9. The van der Waals surface area contributed by atoms with Crippen LogP contribution in [0.2, 0.25) is 0 Å². The Morgan fingerprint density at radius 1 is 0.640 bits per heavy atom. The van der Waals surface area contributed by atoms with Crippen LogP contribution in [0.4, 0.5) is 0 Å². The SMILES string of the molecule is CCC=CCC=CCC=CCCCCCCCCC(CC)(CO)CO. The summed E-state index contributed by atoms with van der Waals surface area (Å²) in [5, 5.41) is 18.9. The minimum atomic E-state index is -0.245. The smallest absolute Gasteiger partial charge is 0.0509 e. The summed E-state index contributed by atoms with van der Waals surface area (Å²) < 4.78 is 0. The molecule has 2 N–H and O–H groups in total. The van der Waals surface area contributed by atoms with E-state index in [0.717, 1.165) is 38.5 Å². The standard InChI is InChI=1S/C23H42O2/c1-3-5-6-7-8-9-10-11-12-13-14-15-16-17-18-19-20-23(4-2,21-24)22-25/h5-6,8-9,11-12,24-25H,3-4,7,10,13-22H2,1-2H3. The van der Waals surface area contributed by atoms with Crippen LogP contribution in [-0.4, -0.2) is 23.4 Å². The molecule has 0 atom stereocenters. The fourth-order valence-electron chi connectivity index (χ4n) is 2.90. The van der Waals surface area contributed by atoms with Gasteiger partial charge in [-0.3, -0.25) is 0 Å². The maximum atomic E-state index is 9.43. The summed E-state index contributed by atoms with van der Waals surface area (Å²) >= 11 is 0. The third-order valence-electron chi connectivity index (χ3n) is 5.03. The highest BCUT2D eigenvalue weighted by atomic mass is 16.3. The quantitative estimate of drug-likeness (QED) is 0.237. The Bertz CT molecular complexity index is 343. The fraction of sp³-hybridized carbons (Fsp3) is 0.739. The van der Waals surface area contributed by atoms with Crippen molar-refractivity contribution in [2.45, 2.75) is 90.9 Å². The molecule has 0 rings (SSSR count). The molecule has 25 heavy (non-hydrogen) atoms. The average molecular weight is 351 g/mol. The second-order valence-corrected chi connectivity index (χ2v) is 7.12. The van der Waals surface area contributed by atoms with Gasteiger partial charge in [0.25, 0.3) is 0 Å². The molecule has 0 aliphatic heterocycles. The number of unbranched alkanes of at least 4 members (excludes halogenated alkanes) is 6. The van der Waals surface area contributed by atoms with E-state index in [4.69, 9.17) is 0 Å². The van der Waals surface area contributed by atoms with E-state index < -0.39 is 0 Å². The van der Waals surface area contributed by atoms with Crippen LogP contribution < -0.4 is 0 Å². The molecule has 0 aliphatic carbocycles. The van der Waals surface area contributed by atoms with Gasteiger partial charge in [-0.15, -0.1) is 0 Å². The highest BCUT2D eigenvalue weighted by Crippen LogP contribution is 2.28. The molecule has 0 amide bonds. The molecule has 0 aromatic carbocycles. The zero-order valence-corrected chi connectivity index (χ0v) is 16.8. The van der Waals surface area contributed by atoms with E-state index in [0.29, 0.717) is 0 Å². The van der Waals surface area contributed by atoms with Crippen molar-refractivity contribution in [1.29, 1.82) is 0 Å². The van der Waals surface area contributed by atoms with Gasteiger partial charge in [0.15, 0.2) is 0 Å². The molecule has 0 heterocycles. The molecular weight excluding hydrogens is 308 g/mol. The molecule has 0 radical (unpaired) electrons. The lowest BCUT2D eigenvalue weighted by molar-refractivity contribution is 0.0416. The molecule has 0 aromatic heterocycles. The number of hydrogen-bond donors (Lipinski definition) is 2. The van der Waals surface area contributed by atoms with E-state index >= 15 is 0 Å². The number of allylic oxidation sites excluding steroid dienone is 6. The van der Waals surface area contributed by atoms with Crippen LogP contribution in [-0.2, 0) is 0 Å². The van der Waals surface area contributed by atoms with E-state index in [-0.39, 0.29) is 18.6 Å².